The van der Waals surface area contributed by atoms with Gasteiger partial charge in [-0.25, -0.2) is 0 Å². The number of hydrogen-bond donors (Lipinski definition) is 0. The van der Waals surface area contributed by atoms with Crippen LogP contribution in [-0.4, -0.2) is 21.1 Å². The number of aryl methyl sites for hydroxylation is 4. The van der Waals surface area contributed by atoms with Crippen LogP contribution in [-0.2, 0) is 51.2 Å². The number of nitrogens with zero attached hydrogens (tertiary/aromatic N) is 3. The number of pyridine rings is 3. The zero-order chi connectivity index (χ0) is 52.3. The van der Waals surface area contributed by atoms with Crippen molar-refractivity contribution in [1.82, 2.24) is 15.0 Å². The van der Waals surface area contributed by atoms with Crippen LogP contribution >= 0.6 is 0 Å². The average molecular weight is 1190 g/mol. The van der Waals surface area contributed by atoms with Gasteiger partial charge in [0.1, 0.15) is 0 Å². The summed E-state index contributed by atoms with van der Waals surface area (Å²) in [5.74, 6) is -2.90. The zero-order valence-electron chi connectivity index (χ0n) is 41.0. The summed E-state index contributed by atoms with van der Waals surface area (Å²) in [5.41, 5.74) is 11.8. The van der Waals surface area contributed by atoms with Gasteiger partial charge in [-0.05, 0) is 123 Å². The number of hydrogen-bond acceptors (Lipinski definition) is 3. The van der Waals surface area contributed by atoms with Crippen LogP contribution in [0.5, 0.6) is 0 Å². The molecule has 0 fully saturated rings. The van der Waals surface area contributed by atoms with Crippen LogP contribution in [0.3, 0.4) is 0 Å². The Kier molecular flexibility index (Phi) is 15.7. The molecule has 0 unspecified atom stereocenters. The first-order chi connectivity index (χ1) is 36.2. The van der Waals surface area contributed by atoms with Gasteiger partial charge in [-0.3, -0.25) is 17.6 Å². The molecule has 0 aliphatic rings. The van der Waals surface area contributed by atoms with E-state index in [1.165, 1.54) is 13.8 Å². The third-order valence-corrected chi connectivity index (χ3v) is 13.6. The Morgan fingerprint density at radius 3 is 1.42 bits per heavy atom. The van der Waals surface area contributed by atoms with E-state index in [1.54, 1.807) is 48.8 Å². The molecule has 0 N–H and O–H groups in total. The number of alkyl halides is 3. The third kappa shape index (κ3) is 11.7. The van der Waals surface area contributed by atoms with E-state index in [0.717, 1.165) is 102 Å². The smallest absolute Gasteiger partial charge is 0.304 e. The summed E-state index contributed by atoms with van der Waals surface area (Å²) in [5, 5.41) is 0. The largest absolute Gasteiger partial charge is 3.00 e. The van der Waals surface area contributed by atoms with Crippen LogP contribution < -0.4 is 0 Å². The molecule has 378 valence electrons. The number of rotatable bonds is 14. The van der Waals surface area contributed by atoms with Gasteiger partial charge in [-0.15, -0.1) is 60.2 Å². The normalized spacial score (nSPS) is 11.6. The minimum absolute atomic E-state index is 0. The number of halogens is 7. The van der Waals surface area contributed by atoms with E-state index in [-0.39, 0.29) is 36.8 Å². The first kappa shape index (κ1) is 53.0. The van der Waals surface area contributed by atoms with E-state index in [9.17, 15) is 30.7 Å². The molecule has 0 amide bonds. The van der Waals surface area contributed by atoms with Crippen molar-refractivity contribution in [2.75, 3.05) is 0 Å². The van der Waals surface area contributed by atoms with Crippen molar-refractivity contribution in [2.45, 2.75) is 51.1 Å². The van der Waals surface area contributed by atoms with Crippen molar-refractivity contribution in [3.63, 3.8) is 0 Å². The quantitative estimate of drug-likeness (QED) is 0.0804. The molecule has 3 nitrogen and oxygen atoms in total. The van der Waals surface area contributed by atoms with Crippen molar-refractivity contribution >= 4 is 0 Å². The molecular weight excluding hydrogens is 1150 g/mol. The number of aromatic nitrogens is 3. The molecule has 11 heteroatoms. The molecule has 0 saturated heterocycles. The molecular formula is C65H45F7IrN3. The van der Waals surface area contributed by atoms with Gasteiger partial charge in [0.25, 0.3) is 0 Å². The Labute approximate surface area is 450 Å². The molecule has 0 saturated carbocycles. The van der Waals surface area contributed by atoms with Crippen LogP contribution in [0.4, 0.5) is 30.7 Å². The maximum absolute atomic E-state index is 14.6. The van der Waals surface area contributed by atoms with Gasteiger partial charge in [-0.1, -0.05) is 145 Å². The maximum atomic E-state index is 14.6. The van der Waals surface area contributed by atoms with E-state index in [4.69, 9.17) is 4.98 Å². The van der Waals surface area contributed by atoms with Gasteiger partial charge >= 0.3 is 26.3 Å². The molecule has 0 aliphatic carbocycles. The minimum atomic E-state index is -4.40. The van der Waals surface area contributed by atoms with Crippen molar-refractivity contribution in [1.29, 1.82) is 0 Å². The molecule has 76 heavy (non-hydrogen) atoms. The SMILES string of the molecule is CC(C)(c1ccc(-c2ccc(-c3cc(-c4[c-]cccc4)ncc3-c3ccccc3-c3cc(CCc4ccc(-c5[c-]cc(F)cc5F)nc4)cc(CCc4ccc(-c5[c-]cc(F)cc5F)nc4)c3)cc2)cc1)C(F)(F)F.[Ir+3]. The minimum Gasteiger partial charge on any atom is -0.304 e. The van der Waals surface area contributed by atoms with E-state index in [2.05, 4.69) is 64.6 Å². The Morgan fingerprint density at radius 2 is 0.921 bits per heavy atom. The van der Waals surface area contributed by atoms with E-state index < -0.39 is 34.9 Å². The standard InChI is InChI=1S/C65H45F7N3.Ir/c1-64(2,65(70,71)72)50-24-22-46(23-25-50)45-18-20-47(21-19-45)57-37-63(48-8-4-3-5-9-48)75-40-58(57)54-11-7-6-10-53(54)49-33-43(14-12-41-16-30-61(73-38-41)55-28-26-51(66)35-59(55)68)32-44(34-49)15-13-42-17-31-62(74-39-42)56-29-27-52(67)36-60(56)69;/h3-8,10-11,16-27,30-40H,12-15H2,1-2H3;/q-3;+3. The molecule has 7 aromatic carbocycles. The van der Waals surface area contributed by atoms with Gasteiger partial charge in [0, 0.05) is 47.4 Å². The summed E-state index contributed by atoms with van der Waals surface area (Å²) in [7, 11) is 0. The summed E-state index contributed by atoms with van der Waals surface area (Å²) in [6, 6.07) is 58.6. The van der Waals surface area contributed by atoms with Gasteiger partial charge < -0.3 is 15.0 Å². The average Bonchev–Trinajstić information content (AvgIpc) is 3.45. The Morgan fingerprint density at radius 1 is 0.421 bits per heavy atom. The van der Waals surface area contributed by atoms with E-state index >= 15 is 0 Å². The van der Waals surface area contributed by atoms with Crippen molar-refractivity contribution in [3.8, 4) is 78.3 Å². The van der Waals surface area contributed by atoms with Crippen LogP contribution in [0.2, 0.25) is 0 Å². The molecule has 0 radical (unpaired) electrons. The summed E-state index contributed by atoms with van der Waals surface area (Å²) in [6.45, 7) is 2.37. The third-order valence-electron chi connectivity index (χ3n) is 13.6. The predicted molar refractivity (Wildman–Crippen MR) is 281 cm³/mol. The zero-order valence-corrected chi connectivity index (χ0v) is 43.4. The molecule has 10 aromatic rings. The van der Waals surface area contributed by atoms with Gasteiger partial charge in [0.15, 0.2) is 0 Å². The van der Waals surface area contributed by atoms with Crippen LogP contribution in [0.15, 0.2) is 188 Å². The summed E-state index contributed by atoms with van der Waals surface area (Å²) < 4.78 is 98.1. The molecule has 3 aromatic heterocycles. The Balaban J connectivity index is 0.00000706. The van der Waals surface area contributed by atoms with Crippen LogP contribution in [0, 0.1) is 41.5 Å². The fourth-order valence-corrected chi connectivity index (χ4v) is 9.17. The van der Waals surface area contributed by atoms with Crippen molar-refractivity contribution in [3.05, 3.63) is 258 Å². The monoisotopic (exact) mass is 1190 g/mol. The van der Waals surface area contributed by atoms with E-state index in [1.807, 2.05) is 79.0 Å². The Bertz CT molecular complexity index is 3520. The fourth-order valence-electron chi connectivity index (χ4n) is 9.17. The number of benzene rings is 7. The Hall–Kier alpha value is -7.85. The van der Waals surface area contributed by atoms with Gasteiger partial charge in [-0.2, -0.15) is 13.2 Å². The van der Waals surface area contributed by atoms with Crippen molar-refractivity contribution in [2.24, 2.45) is 0 Å². The summed E-state index contributed by atoms with van der Waals surface area (Å²) in [6.07, 6.45) is 3.41. The first-order valence-corrected chi connectivity index (χ1v) is 24.3. The van der Waals surface area contributed by atoms with Gasteiger partial charge in [0.2, 0.25) is 0 Å². The molecule has 3 heterocycles. The van der Waals surface area contributed by atoms with Crippen molar-refractivity contribution < 1.29 is 50.8 Å². The maximum Gasteiger partial charge on any atom is 3.00 e. The predicted octanol–water partition coefficient (Wildman–Crippen LogP) is 16.9. The van der Waals surface area contributed by atoms with Gasteiger partial charge in [0.05, 0.1) is 5.41 Å². The fraction of sp³-hybridized carbons (Fsp3) is 0.123. The second kappa shape index (κ2) is 22.5. The van der Waals surface area contributed by atoms with Crippen LogP contribution in [0.25, 0.3) is 78.3 Å². The second-order valence-corrected chi connectivity index (χ2v) is 18.9. The summed E-state index contributed by atoms with van der Waals surface area (Å²) in [4.78, 5) is 14.0. The first-order valence-electron chi connectivity index (χ1n) is 24.3. The molecule has 0 bridgehead atoms. The molecule has 10 rings (SSSR count). The second-order valence-electron chi connectivity index (χ2n) is 18.9. The van der Waals surface area contributed by atoms with E-state index in [0.29, 0.717) is 37.1 Å². The van der Waals surface area contributed by atoms with Crippen LogP contribution in [0.1, 0.15) is 41.7 Å². The summed E-state index contributed by atoms with van der Waals surface area (Å²) >= 11 is 0. The topological polar surface area (TPSA) is 38.7 Å². The molecule has 0 atom stereocenters. The molecule has 0 spiro atoms. The molecule has 0 aliphatic heterocycles.